The number of sulfonamides is 1. The molecule has 0 fully saturated rings. The van der Waals surface area contributed by atoms with Crippen molar-refractivity contribution in [3.8, 4) is 0 Å². The molecule has 0 aromatic carbocycles. The lowest BCUT2D eigenvalue weighted by atomic mass is 10.2. The average molecular weight is 281 g/mol. The highest BCUT2D eigenvalue weighted by molar-refractivity contribution is 7.89. The largest absolute Gasteiger partial charge is 0.481 e. The SMILES string of the molecule is NS(=O)(=O)CCNC(=O)NC(=O)CCCC(=O)O. The third kappa shape index (κ3) is 10.8. The summed E-state index contributed by atoms with van der Waals surface area (Å²) in [6.45, 7) is -0.215. The predicted molar refractivity (Wildman–Crippen MR) is 61.0 cm³/mol. The van der Waals surface area contributed by atoms with Gasteiger partial charge in [0.15, 0.2) is 0 Å². The second-order valence-electron chi connectivity index (χ2n) is 3.42. The van der Waals surface area contributed by atoms with Crippen LogP contribution >= 0.6 is 0 Å². The summed E-state index contributed by atoms with van der Waals surface area (Å²) in [5.74, 6) is -2.10. The zero-order chi connectivity index (χ0) is 14.2. The van der Waals surface area contributed by atoms with Crippen LogP contribution in [0, 0.1) is 0 Å². The van der Waals surface area contributed by atoms with E-state index in [1.807, 2.05) is 5.32 Å². The summed E-state index contributed by atoms with van der Waals surface area (Å²) in [6.07, 6.45) is -0.152. The molecule has 5 N–H and O–H groups in total. The van der Waals surface area contributed by atoms with E-state index in [9.17, 15) is 22.8 Å². The molecule has 0 radical (unpaired) electrons. The number of carboxylic acid groups (broad SMARTS) is 1. The maximum atomic E-state index is 11.1. The lowest BCUT2D eigenvalue weighted by Gasteiger charge is -2.05. The number of hydrogen-bond acceptors (Lipinski definition) is 5. The summed E-state index contributed by atoms with van der Waals surface area (Å²) in [5, 5.41) is 17.1. The van der Waals surface area contributed by atoms with E-state index in [2.05, 4.69) is 5.32 Å². The molecule has 0 aliphatic heterocycles. The Balaban J connectivity index is 3.74. The molecule has 0 saturated heterocycles. The highest BCUT2D eigenvalue weighted by atomic mass is 32.2. The molecule has 10 heteroatoms. The number of aliphatic carboxylic acids is 1. The molecule has 0 rings (SSSR count). The van der Waals surface area contributed by atoms with Crippen molar-refractivity contribution in [3.63, 3.8) is 0 Å². The van der Waals surface area contributed by atoms with Crippen LogP contribution in [0.5, 0.6) is 0 Å². The fraction of sp³-hybridized carbons (Fsp3) is 0.625. The number of rotatable bonds is 7. The van der Waals surface area contributed by atoms with Gasteiger partial charge in [-0.25, -0.2) is 18.4 Å². The van der Waals surface area contributed by atoms with Gasteiger partial charge in [-0.05, 0) is 6.42 Å². The van der Waals surface area contributed by atoms with Crippen LogP contribution in [-0.4, -0.2) is 43.7 Å². The van der Waals surface area contributed by atoms with E-state index >= 15 is 0 Å². The summed E-state index contributed by atoms with van der Waals surface area (Å²) in [5.41, 5.74) is 0. The van der Waals surface area contributed by atoms with E-state index in [-0.39, 0.29) is 25.8 Å². The lowest BCUT2D eigenvalue weighted by Crippen LogP contribution is -2.41. The molecule has 0 bridgehead atoms. The smallest absolute Gasteiger partial charge is 0.321 e. The molecule has 0 heterocycles. The lowest BCUT2D eigenvalue weighted by molar-refractivity contribution is -0.137. The van der Waals surface area contributed by atoms with Gasteiger partial charge >= 0.3 is 12.0 Å². The Morgan fingerprint density at radius 2 is 1.78 bits per heavy atom. The number of hydrogen-bond donors (Lipinski definition) is 4. The molecule has 0 aromatic rings. The van der Waals surface area contributed by atoms with Crippen molar-refractivity contribution in [3.05, 3.63) is 0 Å². The molecular formula is C8H15N3O6S. The van der Waals surface area contributed by atoms with Crippen molar-refractivity contribution in [1.82, 2.24) is 10.6 Å². The summed E-state index contributed by atoms with van der Waals surface area (Å²) in [6, 6.07) is -0.848. The second kappa shape index (κ2) is 7.61. The van der Waals surface area contributed by atoms with Gasteiger partial charge in [0.1, 0.15) is 0 Å². The molecule has 0 aromatic heterocycles. The number of carbonyl (C=O) groups excluding carboxylic acids is 2. The van der Waals surface area contributed by atoms with E-state index in [4.69, 9.17) is 10.2 Å². The molecule has 0 saturated carbocycles. The molecule has 0 aliphatic carbocycles. The number of nitrogens with two attached hydrogens (primary N) is 1. The van der Waals surface area contributed by atoms with E-state index < -0.39 is 33.7 Å². The zero-order valence-electron chi connectivity index (χ0n) is 9.51. The predicted octanol–water partition coefficient (Wildman–Crippen LogP) is -1.64. The van der Waals surface area contributed by atoms with Crippen molar-refractivity contribution in [1.29, 1.82) is 0 Å². The molecule has 0 aliphatic rings. The Morgan fingerprint density at radius 3 is 2.28 bits per heavy atom. The Bertz CT molecular complexity index is 419. The van der Waals surface area contributed by atoms with Gasteiger partial charge in [-0.15, -0.1) is 0 Å². The standard InChI is InChI=1S/C8H15N3O6S/c9-18(16,17)5-4-10-8(15)11-6(12)2-1-3-7(13)14/h1-5H2,(H,13,14)(H2,9,16,17)(H2,10,11,12,15). The van der Waals surface area contributed by atoms with Crippen LogP contribution in [0.1, 0.15) is 19.3 Å². The number of carboxylic acids is 1. The van der Waals surface area contributed by atoms with Crippen molar-refractivity contribution < 1.29 is 27.9 Å². The fourth-order valence-corrected chi connectivity index (χ4v) is 1.33. The van der Waals surface area contributed by atoms with Crippen LogP contribution in [0.3, 0.4) is 0 Å². The number of imide groups is 1. The van der Waals surface area contributed by atoms with Crippen LogP contribution in [0.15, 0.2) is 0 Å². The monoisotopic (exact) mass is 281 g/mol. The number of nitrogens with one attached hydrogen (secondary N) is 2. The zero-order valence-corrected chi connectivity index (χ0v) is 10.3. The van der Waals surface area contributed by atoms with E-state index in [1.54, 1.807) is 0 Å². The first-order valence-electron chi connectivity index (χ1n) is 5.00. The van der Waals surface area contributed by atoms with Gasteiger partial charge in [0.05, 0.1) is 5.75 Å². The highest BCUT2D eigenvalue weighted by Gasteiger charge is 2.09. The van der Waals surface area contributed by atoms with E-state index in [1.165, 1.54) is 0 Å². The Labute approximate surface area is 104 Å². The third-order valence-electron chi connectivity index (χ3n) is 1.72. The minimum Gasteiger partial charge on any atom is -0.481 e. The topological polar surface area (TPSA) is 156 Å². The highest BCUT2D eigenvalue weighted by Crippen LogP contribution is 1.94. The second-order valence-corrected chi connectivity index (χ2v) is 5.15. The van der Waals surface area contributed by atoms with Gasteiger partial charge in [-0.2, -0.15) is 0 Å². The number of urea groups is 1. The summed E-state index contributed by atoms with van der Waals surface area (Å²) in [7, 11) is -3.66. The summed E-state index contributed by atoms with van der Waals surface area (Å²) < 4.78 is 21.0. The van der Waals surface area contributed by atoms with Gasteiger partial charge in [0.25, 0.3) is 0 Å². The Morgan fingerprint density at radius 1 is 1.17 bits per heavy atom. The molecule has 3 amide bonds. The van der Waals surface area contributed by atoms with E-state index in [0.717, 1.165) is 0 Å². The van der Waals surface area contributed by atoms with Crippen LogP contribution in [0.4, 0.5) is 4.79 Å². The normalized spacial score (nSPS) is 10.7. The average Bonchev–Trinajstić information content (AvgIpc) is 2.14. The molecule has 104 valence electrons. The molecule has 0 atom stereocenters. The summed E-state index contributed by atoms with van der Waals surface area (Å²) >= 11 is 0. The minimum absolute atomic E-state index is 0.102. The third-order valence-corrected chi connectivity index (χ3v) is 2.49. The first-order valence-corrected chi connectivity index (χ1v) is 6.72. The number of primary sulfonamides is 1. The van der Waals surface area contributed by atoms with Gasteiger partial charge in [-0.3, -0.25) is 14.9 Å². The van der Waals surface area contributed by atoms with Crippen LogP contribution in [0.2, 0.25) is 0 Å². The van der Waals surface area contributed by atoms with Crippen molar-refractivity contribution in [2.45, 2.75) is 19.3 Å². The number of amides is 3. The Hall–Kier alpha value is -1.68. The van der Waals surface area contributed by atoms with Gasteiger partial charge in [0.2, 0.25) is 15.9 Å². The quantitative estimate of drug-likeness (QED) is 0.438. The maximum absolute atomic E-state index is 11.1. The van der Waals surface area contributed by atoms with E-state index in [0.29, 0.717) is 0 Å². The van der Waals surface area contributed by atoms with Crippen LogP contribution < -0.4 is 15.8 Å². The van der Waals surface area contributed by atoms with Crippen molar-refractivity contribution in [2.24, 2.45) is 5.14 Å². The van der Waals surface area contributed by atoms with Crippen molar-refractivity contribution in [2.75, 3.05) is 12.3 Å². The van der Waals surface area contributed by atoms with Gasteiger partial charge in [0, 0.05) is 19.4 Å². The number of carbonyl (C=O) groups is 3. The minimum atomic E-state index is -3.66. The van der Waals surface area contributed by atoms with Crippen LogP contribution in [0.25, 0.3) is 0 Å². The summed E-state index contributed by atoms with van der Waals surface area (Å²) in [4.78, 5) is 32.3. The first kappa shape index (κ1) is 16.3. The maximum Gasteiger partial charge on any atom is 0.321 e. The molecule has 0 unspecified atom stereocenters. The van der Waals surface area contributed by atoms with Gasteiger partial charge in [-0.1, -0.05) is 0 Å². The molecule has 0 spiro atoms. The Kier molecular flexibility index (Phi) is 6.90. The first-order chi connectivity index (χ1) is 8.20. The molecule has 18 heavy (non-hydrogen) atoms. The van der Waals surface area contributed by atoms with Crippen molar-refractivity contribution >= 4 is 27.9 Å². The fourth-order valence-electron chi connectivity index (χ4n) is 0.940. The molecular weight excluding hydrogens is 266 g/mol. The van der Waals surface area contributed by atoms with Crippen LogP contribution in [-0.2, 0) is 19.6 Å². The van der Waals surface area contributed by atoms with Gasteiger partial charge < -0.3 is 10.4 Å². The molecule has 9 nitrogen and oxygen atoms in total.